The van der Waals surface area contributed by atoms with Crippen LogP contribution in [-0.2, 0) is 12.0 Å². The van der Waals surface area contributed by atoms with Crippen LogP contribution in [0.3, 0.4) is 0 Å². The van der Waals surface area contributed by atoms with Gasteiger partial charge in [0, 0.05) is 29.2 Å². The van der Waals surface area contributed by atoms with Crippen molar-refractivity contribution in [3.05, 3.63) is 59.3 Å². The number of aliphatic hydroxyl groups excluding tert-OH is 1. The summed E-state index contributed by atoms with van der Waals surface area (Å²) in [6.07, 6.45) is 2.28. The highest BCUT2D eigenvalue weighted by molar-refractivity contribution is 5.86. The molecule has 0 saturated carbocycles. The first kappa shape index (κ1) is 19.2. The van der Waals surface area contributed by atoms with E-state index >= 15 is 0 Å². The van der Waals surface area contributed by atoms with Crippen LogP contribution in [0.5, 0.6) is 0 Å². The maximum absolute atomic E-state index is 9.57. The lowest BCUT2D eigenvalue weighted by Gasteiger charge is -2.21. The Balaban J connectivity index is 1.64. The maximum Gasteiger partial charge on any atom is 0.0587 e. The van der Waals surface area contributed by atoms with Gasteiger partial charge in [-0.2, -0.15) is 0 Å². The molecule has 1 aromatic heterocycles. The predicted octanol–water partition coefficient (Wildman–Crippen LogP) is 5.40. The number of hydrogen-bond donors (Lipinski definition) is 2. The molecule has 0 aliphatic carbocycles. The number of likely N-dealkylation sites (tertiary alicyclic amines) is 1. The Morgan fingerprint density at radius 2 is 1.89 bits per heavy atom. The number of nitrogens with zero attached hydrogens (tertiary/aromatic N) is 1. The fourth-order valence-corrected chi connectivity index (χ4v) is 4.37. The first-order valence-corrected chi connectivity index (χ1v) is 10.4. The van der Waals surface area contributed by atoms with E-state index in [-0.39, 0.29) is 12.0 Å². The summed E-state index contributed by atoms with van der Waals surface area (Å²) in [6, 6.07) is 16.2. The van der Waals surface area contributed by atoms with E-state index in [4.69, 9.17) is 0 Å². The van der Waals surface area contributed by atoms with Gasteiger partial charge in [-0.15, -0.1) is 0 Å². The maximum atomic E-state index is 9.57. The highest BCUT2D eigenvalue weighted by Gasteiger charge is 2.24. The summed E-state index contributed by atoms with van der Waals surface area (Å²) in [5.41, 5.74) is 7.79. The van der Waals surface area contributed by atoms with E-state index in [0.29, 0.717) is 6.04 Å². The molecule has 3 aromatic rings. The zero-order valence-electron chi connectivity index (χ0n) is 17.5. The quantitative estimate of drug-likeness (QED) is 0.640. The molecule has 148 valence electrons. The first-order chi connectivity index (χ1) is 13.3. The molecule has 2 aromatic carbocycles. The van der Waals surface area contributed by atoms with Gasteiger partial charge in [-0.3, -0.25) is 4.90 Å². The van der Waals surface area contributed by atoms with Crippen molar-refractivity contribution in [2.75, 3.05) is 13.2 Å². The Bertz CT molecular complexity index is 980. The summed E-state index contributed by atoms with van der Waals surface area (Å²) < 4.78 is 0. The molecule has 1 saturated heterocycles. The molecule has 1 aliphatic heterocycles. The fourth-order valence-electron chi connectivity index (χ4n) is 4.37. The van der Waals surface area contributed by atoms with Crippen LogP contribution >= 0.6 is 0 Å². The molecule has 0 amide bonds. The first-order valence-electron chi connectivity index (χ1n) is 10.4. The van der Waals surface area contributed by atoms with E-state index in [0.717, 1.165) is 19.5 Å². The molecule has 3 nitrogen and oxygen atoms in total. The Morgan fingerprint density at radius 1 is 1.07 bits per heavy atom. The van der Waals surface area contributed by atoms with Crippen LogP contribution in [0, 0.1) is 6.92 Å². The Labute approximate surface area is 168 Å². The van der Waals surface area contributed by atoms with E-state index < -0.39 is 0 Å². The van der Waals surface area contributed by atoms with E-state index in [1.54, 1.807) is 0 Å². The lowest BCUT2D eigenvalue weighted by atomic mass is 9.84. The zero-order chi connectivity index (χ0) is 19.9. The van der Waals surface area contributed by atoms with Crippen molar-refractivity contribution in [3.8, 4) is 11.1 Å². The monoisotopic (exact) mass is 376 g/mol. The lowest BCUT2D eigenvalue weighted by Crippen LogP contribution is -2.31. The molecule has 4 rings (SSSR count). The van der Waals surface area contributed by atoms with Gasteiger partial charge in [0.05, 0.1) is 6.61 Å². The Kier molecular flexibility index (Phi) is 5.07. The van der Waals surface area contributed by atoms with E-state index in [1.807, 2.05) is 0 Å². The number of hydrogen-bond acceptors (Lipinski definition) is 2. The summed E-state index contributed by atoms with van der Waals surface area (Å²) >= 11 is 0. The summed E-state index contributed by atoms with van der Waals surface area (Å²) in [6.45, 7) is 11.2. The van der Waals surface area contributed by atoms with Gasteiger partial charge in [0.25, 0.3) is 0 Å². The number of H-pyrrole nitrogens is 1. The zero-order valence-corrected chi connectivity index (χ0v) is 17.5. The predicted molar refractivity (Wildman–Crippen MR) is 118 cm³/mol. The van der Waals surface area contributed by atoms with Crippen LogP contribution in [0.1, 0.15) is 50.4 Å². The number of rotatable bonds is 4. The molecule has 0 spiro atoms. The highest BCUT2D eigenvalue weighted by Crippen LogP contribution is 2.31. The average Bonchev–Trinajstić information content (AvgIpc) is 3.25. The minimum atomic E-state index is 0.144. The van der Waals surface area contributed by atoms with Gasteiger partial charge in [0.15, 0.2) is 0 Å². The Hall–Kier alpha value is -2.10. The molecule has 1 atom stereocenters. The average molecular weight is 377 g/mol. The number of fused-ring (bicyclic) bond motifs is 1. The molecule has 3 heteroatoms. The van der Waals surface area contributed by atoms with Gasteiger partial charge in [0.2, 0.25) is 0 Å². The van der Waals surface area contributed by atoms with Crippen LogP contribution in [0.4, 0.5) is 0 Å². The molecular weight excluding hydrogens is 344 g/mol. The van der Waals surface area contributed by atoms with Crippen molar-refractivity contribution >= 4 is 10.9 Å². The third-order valence-corrected chi connectivity index (χ3v) is 6.04. The smallest absolute Gasteiger partial charge is 0.0587 e. The number of benzene rings is 2. The molecule has 0 radical (unpaired) electrons. The van der Waals surface area contributed by atoms with Crippen molar-refractivity contribution in [2.45, 2.75) is 58.5 Å². The van der Waals surface area contributed by atoms with Crippen molar-refractivity contribution in [1.29, 1.82) is 0 Å². The molecular formula is C25H32N2O. The van der Waals surface area contributed by atoms with E-state index in [1.165, 1.54) is 45.3 Å². The van der Waals surface area contributed by atoms with E-state index in [9.17, 15) is 5.11 Å². The van der Waals surface area contributed by atoms with Gasteiger partial charge in [-0.1, -0.05) is 50.6 Å². The van der Waals surface area contributed by atoms with E-state index in [2.05, 4.69) is 80.0 Å². The Morgan fingerprint density at radius 3 is 2.64 bits per heavy atom. The SMILES string of the molecule is Cc1cc(-c2ccc3[nH]c(CN4CCCC4CO)cc3c2)cc(C(C)(C)C)c1. The van der Waals surface area contributed by atoms with Crippen LogP contribution in [0.2, 0.25) is 0 Å². The molecule has 28 heavy (non-hydrogen) atoms. The highest BCUT2D eigenvalue weighted by atomic mass is 16.3. The minimum Gasteiger partial charge on any atom is -0.395 e. The lowest BCUT2D eigenvalue weighted by molar-refractivity contribution is 0.152. The topological polar surface area (TPSA) is 39.3 Å². The second kappa shape index (κ2) is 7.38. The number of aryl methyl sites for hydroxylation is 1. The van der Waals surface area contributed by atoms with Gasteiger partial charge in [0.1, 0.15) is 0 Å². The van der Waals surface area contributed by atoms with Gasteiger partial charge < -0.3 is 10.1 Å². The number of aromatic nitrogens is 1. The molecule has 1 unspecified atom stereocenters. The summed E-state index contributed by atoms with van der Waals surface area (Å²) in [5, 5.41) is 10.8. The second-order valence-electron chi connectivity index (χ2n) is 9.38. The fraction of sp³-hybridized carbons (Fsp3) is 0.440. The minimum absolute atomic E-state index is 0.144. The molecule has 2 N–H and O–H groups in total. The molecule has 2 heterocycles. The summed E-state index contributed by atoms with van der Waals surface area (Å²) in [7, 11) is 0. The van der Waals surface area contributed by atoms with Crippen molar-refractivity contribution in [2.24, 2.45) is 0 Å². The molecule has 1 fully saturated rings. The summed E-state index contributed by atoms with van der Waals surface area (Å²) in [5.74, 6) is 0. The summed E-state index contributed by atoms with van der Waals surface area (Å²) in [4.78, 5) is 5.96. The number of aromatic amines is 1. The van der Waals surface area contributed by atoms with Crippen LogP contribution in [0.15, 0.2) is 42.5 Å². The third-order valence-electron chi connectivity index (χ3n) is 6.04. The van der Waals surface area contributed by atoms with Gasteiger partial charge in [-0.05, 0) is 66.6 Å². The third kappa shape index (κ3) is 3.87. The van der Waals surface area contributed by atoms with Crippen molar-refractivity contribution in [1.82, 2.24) is 9.88 Å². The largest absolute Gasteiger partial charge is 0.395 e. The number of aliphatic hydroxyl groups is 1. The number of nitrogens with one attached hydrogen (secondary N) is 1. The van der Waals surface area contributed by atoms with Crippen LogP contribution in [0.25, 0.3) is 22.0 Å². The van der Waals surface area contributed by atoms with Crippen molar-refractivity contribution in [3.63, 3.8) is 0 Å². The normalized spacial score (nSPS) is 18.2. The standard InChI is InChI=1S/C25H32N2O/c1-17-10-19(13-21(11-17)25(2,3)4)18-7-8-24-20(12-18)14-22(26-24)15-27-9-5-6-23(27)16-28/h7-8,10-14,23,26,28H,5-6,9,15-16H2,1-4H3. The second-order valence-corrected chi connectivity index (χ2v) is 9.38. The van der Waals surface area contributed by atoms with Gasteiger partial charge in [-0.25, -0.2) is 0 Å². The molecule has 0 bridgehead atoms. The molecule has 1 aliphatic rings. The van der Waals surface area contributed by atoms with Crippen molar-refractivity contribution < 1.29 is 5.11 Å². The van der Waals surface area contributed by atoms with Gasteiger partial charge >= 0.3 is 0 Å². The van der Waals surface area contributed by atoms with Crippen LogP contribution < -0.4 is 0 Å². The van der Waals surface area contributed by atoms with Crippen LogP contribution in [-0.4, -0.2) is 34.2 Å².